The maximum absolute atomic E-state index is 4.32. The fraction of sp³-hybridized carbons (Fsp3) is 0.750. The molecule has 0 radical (unpaired) electrons. The van der Waals surface area contributed by atoms with Crippen LogP contribution in [0.25, 0.3) is 0 Å². The Bertz CT molecular complexity index is 278. The van der Waals surface area contributed by atoms with Crippen molar-refractivity contribution >= 4 is 11.3 Å². The predicted octanol–water partition coefficient (Wildman–Crippen LogP) is 3.48. The summed E-state index contributed by atoms with van der Waals surface area (Å²) in [6.45, 7) is 12.4. The van der Waals surface area contributed by atoms with Crippen LogP contribution in [0.15, 0.2) is 10.9 Å². The Labute approximate surface area is 97.1 Å². The van der Waals surface area contributed by atoms with Crippen molar-refractivity contribution in [3.8, 4) is 0 Å². The average molecular weight is 226 g/mol. The molecule has 0 spiro atoms. The van der Waals surface area contributed by atoms with E-state index in [1.165, 1.54) is 0 Å². The van der Waals surface area contributed by atoms with E-state index in [2.05, 4.69) is 50.3 Å². The Kier molecular flexibility index (Phi) is 4.29. The minimum absolute atomic E-state index is 0.338. The maximum Gasteiger partial charge on any atom is 0.0795 e. The van der Waals surface area contributed by atoms with E-state index in [1.54, 1.807) is 11.3 Å². The molecular formula is C12H22N2S. The van der Waals surface area contributed by atoms with Gasteiger partial charge in [-0.1, -0.05) is 27.7 Å². The van der Waals surface area contributed by atoms with Crippen LogP contribution in [0.5, 0.6) is 0 Å². The topological polar surface area (TPSA) is 24.9 Å². The third kappa shape index (κ3) is 3.58. The van der Waals surface area contributed by atoms with Crippen molar-refractivity contribution < 1.29 is 0 Å². The second-order valence-electron chi connectivity index (χ2n) is 5.16. The van der Waals surface area contributed by atoms with Crippen LogP contribution in [0, 0.1) is 11.3 Å². The van der Waals surface area contributed by atoms with Gasteiger partial charge in [-0.05, 0) is 18.3 Å². The van der Waals surface area contributed by atoms with Gasteiger partial charge in [0.25, 0.3) is 0 Å². The first-order valence-corrected chi connectivity index (χ1v) is 6.49. The van der Waals surface area contributed by atoms with Gasteiger partial charge in [0.2, 0.25) is 0 Å². The second-order valence-corrected chi connectivity index (χ2v) is 5.88. The first kappa shape index (κ1) is 12.7. The maximum atomic E-state index is 4.32. The summed E-state index contributed by atoms with van der Waals surface area (Å²) in [5.74, 6) is 0.688. The van der Waals surface area contributed by atoms with E-state index in [4.69, 9.17) is 0 Å². The van der Waals surface area contributed by atoms with Crippen molar-refractivity contribution in [2.45, 2.75) is 40.7 Å². The highest BCUT2D eigenvalue weighted by atomic mass is 32.1. The summed E-state index contributed by atoms with van der Waals surface area (Å²) in [6, 6.07) is 0.356. The van der Waals surface area contributed by atoms with Crippen LogP contribution < -0.4 is 5.32 Å². The lowest BCUT2D eigenvalue weighted by atomic mass is 9.81. The SMILES string of the molecule is CC(NCC(C)(C)C(C)C)c1cscn1. The van der Waals surface area contributed by atoms with E-state index in [-0.39, 0.29) is 0 Å². The third-order valence-corrected chi connectivity index (χ3v) is 3.93. The van der Waals surface area contributed by atoms with Crippen molar-refractivity contribution in [1.29, 1.82) is 0 Å². The molecule has 1 unspecified atom stereocenters. The molecule has 0 aliphatic heterocycles. The Morgan fingerprint density at radius 2 is 2.07 bits per heavy atom. The molecule has 0 fully saturated rings. The van der Waals surface area contributed by atoms with Crippen molar-refractivity contribution in [3.63, 3.8) is 0 Å². The van der Waals surface area contributed by atoms with Gasteiger partial charge in [0.1, 0.15) is 0 Å². The van der Waals surface area contributed by atoms with Gasteiger partial charge in [0, 0.05) is 18.0 Å². The number of hydrogen-bond acceptors (Lipinski definition) is 3. The Morgan fingerprint density at radius 3 is 2.53 bits per heavy atom. The zero-order valence-electron chi connectivity index (χ0n) is 10.4. The normalized spacial score (nSPS) is 14.5. The van der Waals surface area contributed by atoms with Crippen LogP contribution in [-0.2, 0) is 0 Å². The van der Waals surface area contributed by atoms with Gasteiger partial charge in [-0.2, -0.15) is 0 Å². The van der Waals surface area contributed by atoms with Crippen molar-refractivity contribution in [3.05, 3.63) is 16.6 Å². The number of aromatic nitrogens is 1. The molecule has 1 rings (SSSR count). The van der Waals surface area contributed by atoms with E-state index in [9.17, 15) is 0 Å². The van der Waals surface area contributed by atoms with E-state index < -0.39 is 0 Å². The van der Waals surface area contributed by atoms with Gasteiger partial charge < -0.3 is 5.32 Å². The molecule has 1 aromatic rings. The summed E-state index contributed by atoms with van der Waals surface area (Å²) in [7, 11) is 0. The smallest absolute Gasteiger partial charge is 0.0795 e. The van der Waals surface area contributed by atoms with Crippen LogP contribution in [0.1, 0.15) is 46.4 Å². The monoisotopic (exact) mass is 226 g/mol. The molecule has 0 amide bonds. The molecule has 0 bridgehead atoms. The lowest BCUT2D eigenvalue weighted by Gasteiger charge is -2.30. The zero-order valence-corrected chi connectivity index (χ0v) is 11.2. The van der Waals surface area contributed by atoms with Gasteiger partial charge >= 0.3 is 0 Å². The second kappa shape index (κ2) is 5.08. The van der Waals surface area contributed by atoms with Crippen LogP contribution in [0.2, 0.25) is 0 Å². The molecule has 1 N–H and O–H groups in total. The van der Waals surface area contributed by atoms with Crippen molar-refractivity contribution in [2.24, 2.45) is 11.3 Å². The van der Waals surface area contributed by atoms with Gasteiger partial charge in [0.05, 0.1) is 11.2 Å². The molecule has 0 aliphatic rings. The Hall–Kier alpha value is -0.410. The van der Waals surface area contributed by atoms with E-state index in [1.807, 2.05) is 5.51 Å². The highest BCUT2D eigenvalue weighted by Crippen LogP contribution is 2.25. The van der Waals surface area contributed by atoms with Crippen molar-refractivity contribution in [2.75, 3.05) is 6.54 Å². The highest BCUT2D eigenvalue weighted by molar-refractivity contribution is 7.07. The minimum atomic E-state index is 0.338. The molecule has 1 atom stereocenters. The molecule has 1 heterocycles. The average Bonchev–Trinajstić information content (AvgIpc) is 2.66. The largest absolute Gasteiger partial charge is 0.308 e. The summed E-state index contributed by atoms with van der Waals surface area (Å²) >= 11 is 1.66. The summed E-state index contributed by atoms with van der Waals surface area (Å²) in [6.07, 6.45) is 0. The first-order valence-electron chi connectivity index (χ1n) is 5.55. The van der Waals surface area contributed by atoms with Crippen LogP contribution in [-0.4, -0.2) is 11.5 Å². The third-order valence-electron chi connectivity index (χ3n) is 3.32. The van der Waals surface area contributed by atoms with Gasteiger partial charge in [-0.25, -0.2) is 4.98 Å². The number of nitrogens with one attached hydrogen (secondary N) is 1. The number of thiazole rings is 1. The fourth-order valence-corrected chi connectivity index (χ4v) is 1.81. The molecule has 0 saturated carbocycles. The minimum Gasteiger partial charge on any atom is -0.308 e. The number of hydrogen-bond donors (Lipinski definition) is 1. The first-order chi connectivity index (χ1) is 6.93. The lowest BCUT2D eigenvalue weighted by molar-refractivity contribution is 0.230. The predicted molar refractivity (Wildman–Crippen MR) is 67.2 cm³/mol. The molecule has 1 aromatic heterocycles. The standard InChI is InChI=1S/C12H22N2S/c1-9(2)12(4,5)7-13-10(3)11-6-15-8-14-11/h6,8-10,13H,7H2,1-5H3. The van der Waals surface area contributed by atoms with Gasteiger partial charge in [-0.15, -0.1) is 11.3 Å². The molecule has 86 valence electrons. The molecule has 0 saturated heterocycles. The Balaban J connectivity index is 2.44. The van der Waals surface area contributed by atoms with Gasteiger partial charge in [0.15, 0.2) is 0 Å². The summed E-state index contributed by atoms with van der Waals surface area (Å²) < 4.78 is 0. The van der Waals surface area contributed by atoms with Crippen molar-refractivity contribution in [1.82, 2.24) is 10.3 Å². The van der Waals surface area contributed by atoms with E-state index in [0.717, 1.165) is 12.2 Å². The quantitative estimate of drug-likeness (QED) is 0.831. The molecule has 2 nitrogen and oxygen atoms in total. The van der Waals surface area contributed by atoms with Crippen LogP contribution >= 0.6 is 11.3 Å². The summed E-state index contributed by atoms with van der Waals surface area (Å²) in [4.78, 5) is 4.32. The van der Waals surface area contributed by atoms with Crippen LogP contribution in [0.4, 0.5) is 0 Å². The molecule has 0 aliphatic carbocycles. The molecule has 0 aromatic carbocycles. The lowest BCUT2D eigenvalue weighted by Crippen LogP contribution is -2.34. The molecule has 15 heavy (non-hydrogen) atoms. The fourth-order valence-electron chi connectivity index (χ4n) is 1.16. The zero-order chi connectivity index (χ0) is 11.5. The summed E-state index contributed by atoms with van der Waals surface area (Å²) in [5.41, 5.74) is 3.38. The number of rotatable bonds is 5. The Morgan fingerprint density at radius 1 is 1.40 bits per heavy atom. The summed E-state index contributed by atoms with van der Waals surface area (Å²) in [5, 5.41) is 5.66. The van der Waals surface area contributed by atoms with E-state index in [0.29, 0.717) is 17.4 Å². The molecule has 3 heteroatoms. The molecular weight excluding hydrogens is 204 g/mol. The van der Waals surface area contributed by atoms with Gasteiger partial charge in [-0.3, -0.25) is 0 Å². The van der Waals surface area contributed by atoms with Crippen LogP contribution in [0.3, 0.4) is 0 Å². The highest BCUT2D eigenvalue weighted by Gasteiger charge is 2.22. The van der Waals surface area contributed by atoms with E-state index >= 15 is 0 Å². The number of nitrogens with zero attached hydrogens (tertiary/aromatic N) is 1.